The van der Waals surface area contributed by atoms with Crippen LogP contribution in [0.15, 0.2) is 30.3 Å². The molecule has 116 valence electrons. The highest BCUT2D eigenvalue weighted by Crippen LogP contribution is 2.19. The van der Waals surface area contributed by atoms with E-state index in [9.17, 15) is 4.79 Å². The van der Waals surface area contributed by atoms with Crippen LogP contribution in [0.25, 0.3) is 6.08 Å². The van der Waals surface area contributed by atoms with Crippen molar-refractivity contribution in [1.29, 1.82) is 0 Å². The first-order valence-corrected chi connectivity index (χ1v) is 7.54. The number of carbonyl (C=O) groups excluding carboxylic acids is 1. The van der Waals surface area contributed by atoms with Crippen LogP contribution in [-0.2, 0) is 4.79 Å². The molecule has 0 aliphatic heterocycles. The normalized spacial score (nSPS) is 11.6. The first-order chi connectivity index (χ1) is 9.93. The second-order valence-electron chi connectivity index (χ2n) is 6.01. The largest absolute Gasteiger partial charge is 0.497 e. The summed E-state index contributed by atoms with van der Waals surface area (Å²) >= 11 is 0. The zero-order valence-electron chi connectivity index (χ0n) is 13.7. The average molecular weight is 289 g/mol. The number of carbonyl (C=O) groups is 1. The molecule has 21 heavy (non-hydrogen) atoms. The Kier molecular flexibility index (Phi) is 7.00. The van der Waals surface area contributed by atoms with Crippen LogP contribution in [-0.4, -0.2) is 19.6 Å². The number of methoxy groups -OCH3 is 1. The van der Waals surface area contributed by atoms with Gasteiger partial charge in [-0.3, -0.25) is 4.79 Å². The lowest BCUT2D eigenvalue weighted by molar-refractivity contribution is -0.116. The molecule has 1 rings (SSSR count). The van der Waals surface area contributed by atoms with E-state index in [0.717, 1.165) is 17.9 Å². The highest BCUT2D eigenvalue weighted by Gasteiger charge is 2.17. The number of ether oxygens (including phenoxy) is 1. The first-order valence-electron chi connectivity index (χ1n) is 7.54. The molecule has 0 fully saturated rings. The Balaban J connectivity index is 2.54. The lowest BCUT2D eigenvalue weighted by atomic mass is 9.85. The number of hydrogen-bond donors (Lipinski definition) is 1. The van der Waals surface area contributed by atoms with Crippen LogP contribution < -0.4 is 10.1 Å². The molecule has 1 aromatic rings. The van der Waals surface area contributed by atoms with Crippen LogP contribution in [0.3, 0.4) is 0 Å². The smallest absolute Gasteiger partial charge is 0.244 e. The van der Waals surface area contributed by atoms with Crippen molar-refractivity contribution in [1.82, 2.24) is 5.32 Å². The van der Waals surface area contributed by atoms with Crippen molar-refractivity contribution in [2.45, 2.75) is 27.7 Å². The predicted octanol–water partition coefficient (Wildman–Crippen LogP) is 3.75. The molecule has 3 nitrogen and oxygen atoms in total. The molecular weight excluding hydrogens is 262 g/mol. The van der Waals surface area contributed by atoms with Gasteiger partial charge in [-0.1, -0.05) is 39.8 Å². The number of nitrogens with one attached hydrogen (secondary N) is 1. The van der Waals surface area contributed by atoms with E-state index in [1.54, 1.807) is 19.3 Å². The maximum Gasteiger partial charge on any atom is 0.244 e. The molecule has 0 bridgehead atoms. The summed E-state index contributed by atoms with van der Waals surface area (Å²) in [5.74, 6) is 2.36. The van der Waals surface area contributed by atoms with Crippen LogP contribution in [0.5, 0.6) is 5.75 Å². The first kappa shape index (κ1) is 17.3. The summed E-state index contributed by atoms with van der Waals surface area (Å²) in [7, 11) is 1.63. The molecule has 0 unspecified atom stereocenters. The zero-order valence-corrected chi connectivity index (χ0v) is 13.7. The van der Waals surface area contributed by atoms with Crippen molar-refractivity contribution in [3.05, 3.63) is 35.9 Å². The van der Waals surface area contributed by atoms with Crippen molar-refractivity contribution in [3.8, 4) is 5.75 Å². The summed E-state index contributed by atoms with van der Waals surface area (Å²) < 4.78 is 5.16. The Morgan fingerprint density at radius 2 is 1.90 bits per heavy atom. The third-order valence-electron chi connectivity index (χ3n) is 3.75. The number of hydrogen-bond acceptors (Lipinski definition) is 2. The molecule has 0 aromatic heterocycles. The Morgan fingerprint density at radius 1 is 1.24 bits per heavy atom. The van der Waals surface area contributed by atoms with E-state index < -0.39 is 0 Å². The van der Waals surface area contributed by atoms with Gasteiger partial charge in [-0.25, -0.2) is 0 Å². The second kappa shape index (κ2) is 8.50. The van der Waals surface area contributed by atoms with Crippen molar-refractivity contribution in [3.63, 3.8) is 0 Å². The molecule has 1 N–H and O–H groups in total. The van der Waals surface area contributed by atoms with Crippen LogP contribution >= 0.6 is 0 Å². The summed E-state index contributed by atoms with van der Waals surface area (Å²) in [6.45, 7) is 9.51. The van der Waals surface area contributed by atoms with E-state index in [1.165, 1.54) is 0 Å². The van der Waals surface area contributed by atoms with E-state index in [-0.39, 0.29) is 5.91 Å². The van der Waals surface area contributed by atoms with Crippen molar-refractivity contribution < 1.29 is 9.53 Å². The van der Waals surface area contributed by atoms with Gasteiger partial charge in [0.25, 0.3) is 0 Å². The van der Waals surface area contributed by atoms with Crippen LogP contribution in [0.4, 0.5) is 0 Å². The average Bonchev–Trinajstić information content (AvgIpc) is 2.44. The summed E-state index contributed by atoms with van der Waals surface area (Å²) in [6.07, 6.45) is 3.38. The van der Waals surface area contributed by atoms with E-state index in [2.05, 4.69) is 33.0 Å². The summed E-state index contributed by atoms with van der Waals surface area (Å²) in [5.41, 5.74) is 0.953. The van der Waals surface area contributed by atoms with Crippen molar-refractivity contribution >= 4 is 12.0 Å². The van der Waals surface area contributed by atoms with E-state index in [0.29, 0.717) is 17.8 Å². The molecule has 3 heteroatoms. The molecule has 0 aliphatic rings. The minimum atomic E-state index is -0.0517. The Hall–Kier alpha value is -1.77. The fraction of sp³-hybridized carbons (Fsp3) is 0.500. The predicted molar refractivity (Wildman–Crippen MR) is 88.2 cm³/mol. The van der Waals surface area contributed by atoms with Gasteiger partial charge in [0.2, 0.25) is 5.91 Å². The zero-order chi connectivity index (χ0) is 15.8. The molecule has 0 saturated carbocycles. The van der Waals surface area contributed by atoms with Gasteiger partial charge in [-0.05, 0) is 41.5 Å². The van der Waals surface area contributed by atoms with E-state index in [4.69, 9.17) is 4.74 Å². The number of rotatable bonds is 7. The van der Waals surface area contributed by atoms with Gasteiger partial charge in [-0.2, -0.15) is 0 Å². The topological polar surface area (TPSA) is 38.3 Å². The molecule has 0 spiro atoms. The van der Waals surface area contributed by atoms with Gasteiger partial charge in [0.1, 0.15) is 5.75 Å². The van der Waals surface area contributed by atoms with Gasteiger partial charge < -0.3 is 10.1 Å². The van der Waals surface area contributed by atoms with Crippen molar-refractivity contribution in [2.75, 3.05) is 13.7 Å². The summed E-state index contributed by atoms with van der Waals surface area (Å²) in [6, 6.07) is 7.63. The molecule has 0 saturated heterocycles. The monoisotopic (exact) mass is 289 g/mol. The molecular formula is C18H27NO2. The van der Waals surface area contributed by atoms with Crippen LogP contribution in [0.1, 0.15) is 33.3 Å². The highest BCUT2D eigenvalue weighted by molar-refractivity contribution is 5.91. The molecule has 0 radical (unpaired) electrons. The Labute approximate surface area is 128 Å². The molecule has 0 aliphatic carbocycles. The standard InChI is InChI=1S/C18H27NO2/c1-13(2)17(14(3)4)12-19-18(20)10-9-15-7-6-8-16(11-15)21-5/h6-11,13-14,17H,12H2,1-5H3,(H,19,20)/b10-9+. The fourth-order valence-corrected chi connectivity index (χ4v) is 2.44. The quantitative estimate of drug-likeness (QED) is 0.776. The lowest BCUT2D eigenvalue weighted by Crippen LogP contribution is -2.32. The van der Waals surface area contributed by atoms with Crippen LogP contribution in [0.2, 0.25) is 0 Å². The van der Waals surface area contributed by atoms with E-state index in [1.807, 2.05) is 24.3 Å². The van der Waals surface area contributed by atoms with Crippen LogP contribution in [0, 0.1) is 17.8 Å². The van der Waals surface area contributed by atoms with E-state index >= 15 is 0 Å². The molecule has 0 atom stereocenters. The van der Waals surface area contributed by atoms with Crippen molar-refractivity contribution in [2.24, 2.45) is 17.8 Å². The maximum absolute atomic E-state index is 11.9. The highest BCUT2D eigenvalue weighted by atomic mass is 16.5. The lowest BCUT2D eigenvalue weighted by Gasteiger charge is -2.24. The van der Waals surface area contributed by atoms with Gasteiger partial charge in [0, 0.05) is 12.6 Å². The SMILES string of the molecule is COc1cccc(/C=C/C(=O)NCC(C(C)C)C(C)C)c1. The van der Waals surface area contributed by atoms with Gasteiger partial charge in [-0.15, -0.1) is 0 Å². The Morgan fingerprint density at radius 3 is 2.48 bits per heavy atom. The minimum absolute atomic E-state index is 0.0517. The fourth-order valence-electron chi connectivity index (χ4n) is 2.44. The molecule has 1 aromatic carbocycles. The van der Waals surface area contributed by atoms with Gasteiger partial charge >= 0.3 is 0 Å². The van der Waals surface area contributed by atoms with Gasteiger partial charge in [0.15, 0.2) is 0 Å². The summed E-state index contributed by atoms with van der Waals surface area (Å²) in [5, 5.41) is 2.99. The van der Waals surface area contributed by atoms with Gasteiger partial charge in [0.05, 0.1) is 7.11 Å². The minimum Gasteiger partial charge on any atom is -0.497 e. The Bertz CT molecular complexity index is 470. The molecule has 1 amide bonds. The third kappa shape index (κ3) is 6.03. The third-order valence-corrected chi connectivity index (χ3v) is 3.75. The number of benzene rings is 1. The summed E-state index contributed by atoms with van der Waals surface area (Å²) in [4.78, 5) is 11.9. The second-order valence-corrected chi connectivity index (χ2v) is 6.01. The molecule has 0 heterocycles. The maximum atomic E-state index is 11.9. The number of amides is 1.